The van der Waals surface area contributed by atoms with E-state index in [2.05, 4.69) is 4.98 Å². The molecule has 2 rings (SSSR count). The second-order valence-electron chi connectivity index (χ2n) is 5.66. The third-order valence-electron chi connectivity index (χ3n) is 3.71. The monoisotopic (exact) mass is 315 g/mol. The van der Waals surface area contributed by atoms with Crippen LogP contribution in [0.4, 0.5) is 4.39 Å². The van der Waals surface area contributed by atoms with Crippen molar-refractivity contribution in [3.05, 3.63) is 65.7 Å². The fraction of sp³-hybridized carbons (Fsp3) is 0.278. The first-order chi connectivity index (χ1) is 10.9. The summed E-state index contributed by atoms with van der Waals surface area (Å²) < 4.78 is 13.2. The molecule has 4 nitrogen and oxygen atoms in total. The number of carboxylic acids is 1. The fourth-order valence-corrected chi connectivity index (χ4v) is 2.55. The van der Waals surface area contributed by atoms with E-state index in [9.17, 15) is 19.1 Å². The number of aliphatic carboxylic acids is 1. The van der Waals surface area contributed by atoms with E-state index in [4.69, 9.17) is 0 Å². The molecule has 5 heteroatoms. The van der Waals surface area contributed by atoms with Crippen molar-refractivity contribution in [1.29, 1.82) is 0 Å². The van der Waals surface area contributed by atoms with Crippen molar-refractivity contribution in [2.24, 2.45) is 11.8 Å². The van der Waals surface area contributed by atoms with Crippen molar-refractivity contribution in [1.82, 2.24) is 4.98 Å². The first kappa shape index (κ1) is 16.8. The summed E-state index contributed by atoms with van der Waals surface area (Å²) in [5, 5.41) is 9.62. The molecule has 2 unspecified atom stereocenters. The first-order valence-electron chi connectivity index (χ1n) is 7.34. The molecule has 23 heavy (non-hydrogen) atoms. The van der Waals surface area contributed by atoms with Crippen LogP contribution in [0.1, 0.15) is 31.0 Å². The quantitative estimate of drug-likeness (QED) is 0.831. The van der Waals surface area contributed by atoms with Gasteiger partial charge in [0.1, 0.15) is 11.7 Å². The summed E-state index contributed by atoms with van der Waals surface area (Å²) in [6.45, 7) is 3.33. The van der Waals surface area contributed by atoms with Gasteiger partial charge in [0.05, 0.1) is 0 Å². The summed E-state index contributed by atoms with van der Waals surface area (Å²) >= 11 is 0. The second-order valence-corrected chi connectivity index (χ2v) is 5.66. The number of nitrogens with zero attached hydrogens (tertiary/aromatic N) is 1. The second kappa shape index (κ2) is 7.13. The lowest BCUT2D eigenvalue weighted by molar-refractivity contribution is -0.147. The van der Waals surface area contributed by atoms with Crippen LogP contribution in [0.25, 0.3) is 0 Å². The molecule has 0 radical (unpaired) electrons. The van der Waals surface area contributed by atoms with Crippen molar-refractivity contribution in [2.45, 2.75) is 19.8 Å². The van der Waals surface area contributed by atoms with Gasteiger partial charge < -0.3 is 5.11 Å². The molecule has 0 saturated heterocycles. The number of Topliss-reactive ketones (excluding diaryl/α,β-unsaturated/α-hetero) is 1. The fourth-order valence-electron chi connectivity index (χ4n) is 2.55. The average Bonchev–Trinajstić information content (AvgIpc) is 2.53. The Morgan fingerprint density at radius 1 is 1.09 bits per heavy atom. The van der Waals surface area contributed by atoms with E-state index in [1.54, 1.807) is 38.2 Å². The van der Waals surface area contributed by atoms with Crippen LogP contribution < -0.4 is 0 Å². The average molecular weight is 315 g/mol. The van der Waals surface area contributed by atoms with Gasteiger partial charge in [-0.1, -0.05) is 32.0 Å². The van der Waals surface area contributed by atoms with Crippen LogP contribution in [-0.2, 0) is 9.59 Å². The molecule has 1 N–H and O–H groups in total. The number of benzene rings is 1. The van der Waals surface area contributed by atoms with E-state index in [-0.39, 0.29) is 5.78 Å². The van der Waals surface area contributed by atoms with E-state index in [0.717, 1.165) is 0 Å². The van der Waals surface area contributed by atoms with Gasteiger partial charge >= 0.3 is 5.97 Å². The number of carbonyl (C=O) groups is 2. The number of hydrogen-bond acceptors (Lipinski definition) is 3. The molecule has 0 spiro atoms. The Morgan fingerprint density at radius 2 is 1.74 bits per heavy atom. The third-order valence-corrected chi connectivity index (χ3v) is 3.71. The van der Waals surface area contributed by atoms with Crippen LogP contribution in [-0.4, -0.2) is 21.8 Å². The predicted molar refractivity (Wildman–Crippen MR) is 83.5 cm³/mol. The maximum absolute atomic E-state index is 13.2. The lowest BCUT2D eigenvalue weighted by Crippen LogP contribution is -2.34. The van der Waals surface area contributed by atoms with Gasteiger partial charge in [-0.3, -0.25) is 14.6 Å². The summed E-state index contributed by atoms with van der Waals surface area (Å²) in [5.41, 5.74) is 1.02. The number of carboxylic acid groups (broad SMARTS) is 1. The van der Waals surface area contributed by atoms with Gasteiger partial charge in [-0.05, 0) is 29.8 Å². The van der Waals surface area contributed by atoms with Gasteiger partial charge in [-0.2, -0.15) is 0 Å². The molecule has 2 aromatic rings. The number of carbonyl (C=O) groups excluding carboxylic acids is 1. The van der Waals surface area contributed by atoms with Gasteiger partial charge in [-0.25, -0.2) is 4.39 Å². The van der Waals surface area contributed by atoms with Gasteiger partial charge in [0.25, 0.3) is 0 Å². The highest BCUT2D eigenvalue weighted by atomic mass is 19.1. The normalized spacial score (nSPS) is 13.6. The largest absolute Gasteiger partial charge is 0.481 e. The number of hydrogen-bond donors (Lipinski definition) is 1. The summed E-state index contributed by atoms with van der Waals surface area (Å²) in [6.07, 6.45) is 1.55. The Morgan fingerprint density at radius 3 is 2.22 bits per heavy atom. The minimum absolute atomic E-state index is 0.377. The first-order valence-corrected chi connectivity index (χ1v) is 7.34. The summed E-state index contributed by atoms with van der Waals surface area (Å²) in [7, 11) is 0. The zero-order chi connectivity index (χ0) is 17.0. The summed E-state index contributed by atoms with van der Waals surface area (Å²) in [4.78, 5) is 28.4. The molecule has 0 aliphatic carbocycles. The highest BCUT2D eigenvalue weighted by Crippen LogP contribution is 2.33. The van der Waals surface area contributed by atoms with E-state index >= 15 is 0 Å². The van der Waals surface area contributed by atoms with Gasteiger partial charge in [0, 0.05) is 23.7 Å². The number of aromatic nitrogens is 1. The van der Waals surface area contributed by atoms with Gasteiger partial charge in [0.15, 0.2) is 5.78 Å². The molecule has 0 fully saturated rings. The van der Waals surface area contributed by atoms with Crippen molar-refractivity contribution in [3.63, 3.8) is 0 Å². The molecule has 0 saturated carbocycles. The zero-order valence-electron chi connectivity index (χ0n) is 12.9. The molecule has 0 aliphatic rings. The number of rotatable bonds is 6. The maximum atomic E-state index is 13.2. The van der Waals surface area contributed by atoms with Crippen molar-refractivity contribution in [3.8, 4) is 0 Å². The Hall–Kier alpha value is -2.56. The minimum atomic E-state index is -1.27. The molecule has 1 aromatic carbocycles. The number of pyridine rings is 1. The number of ketones is 1. The van der Waals surface area contributed by atoms with Gasteiger partial charge in [0.2, 0.25) is 0 Å². The Labute approximate surface area is 134 Å². The van der Waals surface area contributed by atoms with Crippen molar-refractivity contribution >= 4 is 11.8 Å². The molecule has 1 aromatic heterocycles. The van der Waals surface area contributed by atoms with Crippen molar-refractivity contribution in [2.75, 3.05) is 0 Å². The molecule has 120 valence electrons. The Kier molecular flexibility index (Phi) is 5.21. The predicted octanol–water partition coefficient (Wildman–Crippen LogP) is 3.28. The molecular formula is C18H18FNO3. The maximum Gasteiger partial charge on any atom is 0.315 e. The third kappa shape index (κ3) is 3.80. The molecular weight excluding hydrogens is 297 g/mol. The van der Waals surface area contributed by atoms with Gasteiger partial charge in [-0.15, -0.1) is 0 Å². The molecule has 0 aliphatic heterocycles. The molecule has 1 heterocycles. The van der Waals surface area contributed by atoms with Crippen LogP contribution in [0.5, 0.6) is 0 Å². The lowest BCUT2D eigenvalue weighted by Gasteiger charge is -2.24. The summed E-state index contributed by atoms with van der Waals surface area (Å²) in [6, 6.07) is 10.6. The molecule has 0 amide bonds. The lowest BCUT2D eigenvalue weighted by atomic mass is 9.78. The molecule has 2 atom stereocenters. The van der Waals surface area contributed by atoms with Crippen LogP contribution >= 0.6 is 0 Å². The zero-order valence-corrected chi connectivity index (χ0v) is 12.9. The summed E-state index contributed by atoms with van der Waals surface area (Å²) in [5.74, 6) is -4.46. The van der Waals surface area contributed by atoms with E-state index in [1.165, 1.54) is 24.3 Å². The highest BCUT2D eigenvalue weighted by Gasteiger charge is 2.38. The van der Waals surface area contributed by atoms with Crippen molar-refractivity contribution < 1.29 is 19.1 Å². The Bertz CT molecular complexity index is 683. The highest BCUT2D eigenvalue weighted by molar-refractivity contribution is 6.00. The van der Waals surface area contributed by atoms with Crippen LogP contribution in [0.15, 0.2) is 48.7 Å². The Balaban J connectivity index is 2.58. The number of halogens is 1. The van der Waals surface area contributed by atoms with E-state index in [1.807, 2.05) is 0 Å². The van der Waals surface area contributed by atoms with Crippen LogP contribution in [0.2, 0.25) is 0 Å². The molecule has 0 bridgehead atoms. The smallest absolute Gasteiger partial charge is 0.315 e. The topological polar surface area (TPSA) is 67.3 Å². The van der Waals surface area contributed by atoms with E-state index in [0.29, 0.717) is 11.3 Å². The van der Waals surface area contributed by atoms with Crippen LogP contribution in [0, 0.1) is 17.7 Å². The van der Waals surface area contributed by atoms with E-state index < -0.39 is 29.5 Å². The SMILES string of the molecule is CC(C)C(=O)C(C(=O)O)C(c1ccc(F)cc1)c1ccccn1. The minimum Gasteiger partial charge on any atom is -0.481 e. The van der Waals surface area contributed by atoms with Crippen LogP contribution in [0.3, 0.4) is 0 Å². The standard InChI is InChI=1S/C18H18FNO3/c1-11(2)17(21)16(18(22)23)15(14-5-3-4-10-20-14)12-6-8-13(19)9-7-12/h3-11,15-16H,1-2H3,(H,22,23).